The molecule has 0 saturated heterocycles. The van der Waals surface area contributed by atoms with E-state index in [0.29, 0.717) is 0 Å². The molecule has 0 heterocycles. The van der Waals surface area contributed by atoms with E-state index in [1.807, 2.05) is 36.4 Å². The minimum atomic E-state index is 0.816. The Kier molecular flexibility index (Phi) is 8.90. The van der Waals surface area contributed by atoms with Crippen molar-refractivity contribution < 1.29 is 4.74 Å². The zero-order valence-corrected chi connectivity index (χ0v) is 34.5. The highest BCUT2D eigenvalue weighted by molar-refractivity contribution is 6.23. The monoisotopic (exact) mass is 800 g/mol. The van der Waals surface area contributed by atoms with E-state index in [4.69, 9.17) is 4.74 Å². The van der Waals surface area contributed by atoms with E-state index in [0.717, 1.165) is 17.1 Å². The number of benzene rings is 12. The molecule has 0 aliphatic rings. The van der Waals surface area contributed by atoms with Crippen molar-refractivity contribution in [1.82, 2.24) is 0 Å². The first kappa shape index (κ1) is 36.6. The number of rotatable bonds is 7. The molecule has 294 valence electrons. The van der Waals surface area contributed by atoms with E-state index in [9.17, 15) is 0 Å². The molecule has 0 radical (unpaired) electrons. The lowest BCUT2D eigenvalue weighted by molar-refractivity contribution is 0.483. The highest BCUT2D eigenvalue weighted by Crippen LogP contribution is 2.46. The molecule has 12 aromatic rings. The SMILES string of the molecule is c1ccc(Oc2cccc(-c3c4ccccc4c(-c4ccc(-c5ccc6cc(-c7c8ccccc8c(-c8ccccc8)c8ccccc78)ccc6c5)cc4)c4ccccc34)c2)cc1. The molecule has 63 heavy (non-hydrogen) atoms. The fourth-order valence-electron chi connectivity index (χ4n) is 9.86. The van der Waals surface area contributed by atoms with Crippen LogP contribution in [0.5, 0.6) is 11.5 Å². The first-order valence-corrected chi connectivity index (χ1v) is 21.7. The molecule has 0 unspecified atom stereocenters. The van der Waals surface area contributed by atoms with Crippen molar-refractivity contribution in [2.24, 2.45) is 0 Å². The van der Waals surface area contributed by atoms with Gasteiger partial charge in [-0.3, -0.25) is 0 Å². The van der Waals surface area contributed by atoms with E-state index < -0.39 is 0 Å². The predicted molar refractivity (Wildman–Crippen MR) is 268 cm³/mol. The van der Waals surface area contributed by atoms with Gasteiger partial charge in [-0.15, -0.1) is 0 Å². The number of hydrogen-bond acceptors (Lipinski definition) is 1. The number of hydrogen-bond donors (Lipinski definition) is 0. The molecule has 0 aromatic heterocycles. The van der Waals surface area contributed by atoms with Gasteiger partial charge < -0.3 is 4.74 Å². The Labute approximate surface area is 366 Å². The minimum Gasteiger partial charge on any atom is -0.457 e. The Morgan fingerprint density at radius 3 is 1.00 bits per heavy atom. The van der Waals surface area contributed by atoms with E-state index in [1.54, 1.807) is 0 Å². The van der Waals surface area contributed by atoms with Gasteiger partial charge in [0.05, 0.1) is 0 Å². The van der Waals surface area contributed by atoms with Crippen LogP contribution in [0.1, 0.15) is 0 Å². The van der Waals surface area contributed by atoms with E-state index >= 15 is 0 Å². The second-order valence-electron chi connectivity index (χ2n) is 16.3. The van der Waals surface area contributed by atoms with Crippen LogP contribution in [0.25, 0.3) is 109 Å². The Bertz CT molecular complexity index is 3570. The number of para-hydroxylation sites is 1. The van der Waals surface area contributed by atoms with Gasteiger partial charge >= 0.3 is 0 Å². The van der Waals surface area contributed by atoms with Crippen molar-refractivity contribution in [3.05, 3.63) is 243 Å². The molecular formula is C62H40O. The zero-order chi connectivity index (χ0) is 41.7. The van der Waals surface area contributed by atoms with Crippen molar-refractivity contribution in [2.75, 3.05) is 0 Å². The topological polar surface area (TPSA) is 9.23 Å². The molecule has 12 aromatic carbocycles. The standard InChI is InChI=1S/C62H40O/c1-3-16-42(17-4-1)59-51-22-7-13-28-57(51)62(58-29-14-8-23-52(58)59)48-37-36-45-38-44(34-35-46(45)39-48)41-30-32-43(33-31-41)60-53-24-9-11-26-55(53)61(56-27-12-10-25-54(56)60)47-18-15-21-50(40-47)63-49-19-5-2-6-20-49/h1-40H. The molecular weight excluding hydrogens is 761 g/mol. The normalized spacial score (nSPS) is 11.5. The van der Waals surface area contributed by atoms with Gasteiger partial charge in [0.1, 0.15) is 11.5 Å². The maximum atomic E-state index is 6.30. The summed E-state index contributed by atoms with van der Waals surface area (Å²) >= 11 is 0. The van der Waals surface area contributed by atoms with Crippen molar-refractivity contribution >= 4 is 53.9 Å². The molecule has 0 amide bonds. The number of ether oxygens (including phenoxy) is 1. The Morgan fingerprint density at radius 2 is 0.508 bits per heavy atom. The summed E-state index contributed by atoms with van der Waals surface area (Å²) in [7, 11) is 0. The van der Waals surface area contributed by atoms with Gasteiger partial charge in [0.25, 0.3) is 0 Å². The van der Waals surface area contributed by atoms with Crippen molar-refractivity contribution in [1.29, 1.82) is 0 Å². The molecule has 0 aliphatic heterocycles. The average Bonchev–Trinajstić information content (AvgIpc) is 3.35. The van der Waals surface area contributed by atoms with Crippen LogP contribution >= 0.6 is 0 Å². The van der Waals surface area contributed by atoms with E-state index in [-0.39, 0.29) is 0 Å². The summed E-state index contributed by atoms with van der Waals surface area (Å²) in [6, 6.07) is 87.6. The van der Waals surface area contributed by atoms with E-state index in [2.05, 4.69) is 206 Å². The lowest BCUT2D eigenvalue weighted by Crippen LogP contribution is -1.91. The second-order valence-corrected chi connectivity index (χ2v) is 16.3. The maximum Gasteiger partial charge on any atom is 0.128 e. The lowest BCUT2D eigenvalue weighted by atomic mass is 9.85. The maximum absolute atomic E-state index is 6.30. The van der Waals surface area contributed by atoms with Crippen LogP contribution in [0.2, 0.25) is 0 Å². The third-order valence-corrected chi connectivity index (χ3v) is 12.7. The fraction of sp³-hybridized carbons (Fsp3) is 0. The average molecular weight is 801 g/mol. The van der Waals surface area contributed by atoms with Crippen LogP contribution in [0.4, 0.5) is 0 Å². The highest BCUT2D eigenvalue weighted by Gasteiger charge is 2.19. The van der Waals surface area contributed by atoms with Crippen LogP contribution < -0.4 is 4.74 Å². The van der Waals surface area contributed by atoms with Crippen LogP contribution in [-0.4, -0.2) is 0 Å². The van der Waals surface area contributed by atoms with Gasteiger partial charge in [0.15, 0.2) is 0 Å². The van der Waals surface area contributed by atoms with Crippen LogP contribution in [0.3, 0.4) is 0 Å². The first-order valence-electron chi connectivity index (χ1n) is 21.7. The molecule has 12 rings (SSSR count). The summed E-state index contributed by atoms with van der Waals surface area (Å²) in [6.45, 7) is 0. The molecule has 1 nitrogen and oxygen atoms in total. The highest BCUT2D eigenvalue weighted by atomic mass is 16.5. The molecule has 0 atom stereocenters. The molecule has 0 aliphatic carbocycles. The minimum absolute atomic E-state index is 0.816. The molecule has 0 spiro atoms. The van der Waals surface area contributed by atoms with Crippen LogP contribution in [0, 0.1) is 0 Å². The second kappa shape index (κ2) is 15.3. The summed E-state index contributed by atoms with van der Waals surface area (Å²) in [5.41, 5.74) is 12.2. The predicted octanol–water partition coefficient (Wildman–Crippen LogP) is 17.6. The van der Waals surface area contributed by atoms with Crippen molar-refractivity contribution in [2.45, 2.75) is 0 Å². The summed E-state index contributed by atoms with van der Waals surface area (Å²) in [5, 5.41) is 12.4. The van der Waals surface area contributed by atoms with Gasteiger partial charge in [-0.1, -0.05) is 206 Å². The summed E-state index contributed by atoms with van der Waals surface area (Å²) in [4.78, 5) is 0. The summed E-state index contributed by atoms with van der Waals surface area (Å²) in [6.07, 6.45) is 0. The third kappa shape index (κ3) is 6.42. The van der Waals surface area contributed by atoms with Crippen LogP contribution in [-0.2, 0) is 0 Å². The fourth-order valence-corrected chi connectivity index (χ4v) is 9.86. The van der Waals surface area contributed by atoms with Gasteiger partial charge in [-0.05, 0) is 146 Å². The molecule has 0 bridgehead atoms. The quantitative estimate of drug-likeness (QED) is 0.146. The van der Waals surface area contributed by atoms with Crippen molar-refractivity contribution in [3.63, 3.8) is 0 Å². The Morgan fingerprint density at radius 1 is 0.190 bits per heavy atom. The van der Waals surface area contributed by atoms with E-state index in [1.165, 1.54) is 104 Å². The van der Waals surface area contributed by atoms with Crippen LogP contribution in [0.15, 0.2) is 243 Å². The Balaban J connectivity index is 0.918. The summed E-state index contributed by atoms with van der Waals surface area (Å²) in [5.74, 6) is 1.64. The smallest absolute Gasteiger partial charge is 0.128 e. The van der Waals surface area contributed by atoms with Gasteiger partial charge in [-0.25, -0.2) is 0 Å². The van der Waals surface area contributed by atoms with Gasteiger partial charge in [-0.2, -0.15) is 0 Å². The zero-order valence-electron chi connectivity index (χ0n) is 34.5. The molecule has 1 heteroatoms. The van der Waals surface area contributed by atoms with Gasteiger partial charge in [0.2, 0.25) is 0 Å². The third-order valence-electron chi connectivity index (χ3n) is 12.7. The first-order chi connectivity index (χ1) is 31.2. The lowest BCUT2D eigenvalue weighted by Gasteiger charge is -2.18. The van der Waals surface area contributed by atoms with Crippen molar-refractivity contribution in [3.8, 4) is 67.1 Å². The Hall–Kier alpha value is -8.26. The molecule has 0 fully saturated rings. The number of fused-ring (bicyclic) bond motifs is 5. The summed E-state index contributed by atoms with van der Waals surface area (Å²) < 4.78 is 6.30. The largest absolute Gasteiger partial charge is 0.457 e. The molecule has 0 saturated carbocycles. The molecule has 0 N–H and O–H groups in total. The van der Waals surface area contributed by atoms with Gasteiger partial charge in [0, 0.05) is 0 Å².